The van der Waals surface area contributed by atoms with Gasteiger partial charge in [0, 0.05) is 23.8 Å². The monoisotopic (exact) mass is 501 g/mol. The molecule has 3 aromatic rings. The number of halogens is 2. The lowest BCUT2D eigenvalue weighted by atomic mass is 10.0. The third-order valence-corrected chi connectivity index (χ3v) is 5.14. The number of carbonyl (C=O) groups is 2. The molecule has 8 nitrogen and oxygen atoms in total. The number of amides is 2. The molecule has 0 bridgehead atoms. The predicted octanol–water partition coefficient (Wildman–Crippen LogP) is 6.17. The van der Waals surface area contributed by atoms with Crippen LogP contribution in [0.4, 0.5) is 19.8 Å². The molecule has 0 unspecified atom stereocenters. The third kappa shape index (κ3) is 6.66. The largest absolute Gasteiger partial charge is 0.487 e. The standard InChI is InChI=1S/C25H25ClFN3O5/c1-15-18(12-28-13-20(15)34-14-16-5-7-19(26)8-6-16)11-17-9-10-29-22(21(17)27)30(23(31)32)24(33)35-25(2,3)4/h5-10,12-13H,11,14H2,1-4H3,(H,31,32). The molecule has 0 saturated carbocycles. The van der Waals surface area contributed by atoms with Gasteiger partial charge >= 0.3 is 12.2 Å². The molecule has 184 valence electrons. The van der Waals surface area contributed by atoms with Gasteiger partial charge in [-0.15, -0.1) is 0 Å². The van der Waals surface area contributed by atoms with Crippen LogP contribution in [0, 0.1) is 12.7 Å². The summed E-state index contributed by atoms with van der Waals surface area (Å²) in [7, 11) is 0. The summed E-state index contributed by atoms with van der Waals surface area (Å²) in [6, 6.07) is 8.64. The molecule has 2 heterocycles. The summed E-state index contributed by atoms with van der Waals surface area (Å²) in [5.74, 6) is -1.09. The number of carboxylic acid groups (broad SMARTS) is 1. The molecule has 0 aliphatic carbocycles. The van der Waals surface area contributed by atoms with E-state index in [1.54, 1.807) is 45.3 Å². The normalized spacial score (nSPS) is 11.1. The number of anilines is 1. The summed E-state index contributed by atoms with van der Waals surface area (Å²) < 4.78 is 26.3. The topological polar surface area (TPSA) is 102 Å². The van der Waals surface area contributed by atoms with Crippen molar-refractivity contribution in [3.63, 3.8) is 0 Å². The lowest BCUT2D eigenvalue weighted by molar-refractivity contribution is 0.0579. The van der Waals surface area contributed by atoms with Gasteiger partial charge in [0.1, 0.15) is 18.0 Å². The number of hydrogen-bond acceptors (Lipinski definition) is 6. The van der Waals surface area contributed by atoms with Crippen LogP contribution in [0.2, 0.25) is 5.02 Å². The molecular weight excluding hydrogens is 477 g/mol. The van der Waals surface area contributed by atoms with Gasteiger partial charge in [-0.2, -0.15) is 4.90 Å². The van der Waals surface area contributed by atoms with E-state index in [9.17, 15) is 14.7 Å². The molecule has 0 aliphatic rings. The number of ether oxygens (including phenoxy) is 2. The van der Waals surface area contributed by atoms with Crippen molar-refractivity contribution in [2.45, 2.75) is 46.3 Å². The molecule has 3 rings (SSSR count). The summed E-state index contributed by atoms with van der Waals surface area (Å²) in [5, 5.41) is 10.2. The smallest absolute Gasteiger partial charge is 0.425 e. The number of nitrogens with zero attached hydrogens (tertiary/aromatic N) is 3. The van der Waals surface area contributed by atoms with E-state index in [0.29, 0.717) is 22.9 Å². The number of aromatic nitrogens is 2. The van der Waals surface area contributed by atoms with Crippen molar-refractivity contribution in [1.29, 1.82) is 0 Å². The van der Waals surface area contributed by atoms with E-state index in [0.717, 1.165) is 11.1 Å². The Morgan fingerprint density at radius 2 is 1.80 bits per heavy atom. The Labute approximate surface area is 207 Å². The highest BCUT2D eigenvalue weighted by atomic mass is 35.5. The summed E-state index contributed by atoms with van der Waals surface area (Å²) >= 11 is 5.91. The van der Waals surface area contributed by atoms with E-state index in [2.05, 4.69) is 9.97 Å². The number of carbonyl (C=O) groups excluding carboxylic acids is 1. The maximum absolute atomic E-state index is 15.4. The molecule has 0 aliphatic heterocycles. The van der Waals surface area contributed by atoms with Crippen molar-refractivity contribution in [3.8, 4) is 5.75 Å². The number of benzene rings is 1. The van der Waals surface area contributed by atoms with Gasteiger partial charge in [0.05, 0.1) is 6.20 Å². The molecule has 10 heteroatoms. The fourth-order valence-corrected chi connectivity index (χ4v) is 3.27. The zero-order chi connectivity index (χ0) is 25.8. The molecular formula is C25H25ClFN3O5. The van der Waals surface area contributed by atoms with E-state index in [-0.39, 0.29) is 16.9 Å². The quantitative estimate of drug-likeness (QED) is 0.431. The zero-order valence-electron chi connectivity index (χ0n) is 19.7. The maximum Gasteiger partial charge on any atom is 0.425 e. The second-order valence-corrected chi connectivity index (χ2v) is 9.16. The van der Waals surface area contributed by atoms with E-state index >= 15 is 4.39 Å². The van der Waals surface area contributed by atoms with Gasteiger partial charge in [-0.25, -0.2) is 19.0 Å². The minimum atomic E-state index is -1.71. The Kier molecular flexibility index (Phi) is 7.91. The van der Waals surface area contributed by atoms with Crippen LogP contribution in [0.15, 0.2) is 48.9 Å². The molecule has 35 heavy (non-hydrogen) atoms. The van der Waals surface area contributed by atoms with Crippen LogP contribution < -0.4 is 9.64 Å². The third-order valence-electron chi connectivity index (χ3n) is 4.89. The lowest BCUT2D eigenvalue weighted by Gasteiger charge is -2.24. The van der Waals surface area contributed by atoms with Crippen molar-refractivity contribution in [2.75, 3.05) is 4.90 Å². The maximum atomic E-state index is 15.4. The van der Waals surface area contributed by atoms with Crippen LogP contribution in [-0.2, 0) is 17.8 Å². The van der Waals surface area contributed by atoms with Crippen molar-refractivity contribution in [1.82, 2.24) is 9.97 Å². The Morgan fingerprint density at radius 3 is 2.43 bits per heavy atom. The lowest BCUT2D eigenvalue weighted by Crippen LogP contribution is -2.41. The SMILES string of the molecule is Cc1c(Cc2ccnc(N(C(=O)O)C(=O)OC(C)(C)C)c2F)cncc1OCc1ccc(Cl)cc1. The van der Waals surface area contributed by atoms with Gasteiger partial charge in [-0.05, 0) is 68.1 Å². The molecule has 0 radical (unpaired) electrons. The first-order valence-corrected chi connectivity index (χ1v) is 11.0. The summed E-state index contributed by atoms with van der Waals surface area (Å²) in [6.07, 6.45) is 1.49. The molecule has 1 aromatic carbocycles. The van der Waals surface area contributed by atoms with Gasteiger partial charge in [-0.1, -0.05) is 23.7 Å². The highest BCUT2D eigenvalue weighted by Gasteiger charge is 2.32. The van der Waals surface area contributed by atoms with Crippen LogP contribution in [0.1, 0.15) is 43.0 Å². The molecule has 1 N–H and O–H groups in total. The van der Waals surface area contributed by atoms with Gasteiger partial charge in [0.25, 0.3) is 0 Å². The highest BCUT2D eigenvalue weighted by Crippen LogP contribution is 2.27. The number of hydrogen-bond donors (Lipinski definition) is 1. The summed E-state index contributed by atoms with van der Waals surface area (Å²) in [5.41, 5.74) is 1.47. The minimum absolute atomic E-state index is 0.0696. The van der Waals surface area contributed by atoms with E-state index in [4.69, 9.17) is 21.1 Å². The molecule has 0 atom stereocenters. The summed E-state index contributed by atoms with van der Waals surface area (Å²) in [4.78, 5) is 32.3. The van der Waals surface area contributed by atoms with Gasteiger partial charge in [0.15, 0.2) is 11.6 Å². The Balaban J connectivity index is 1.85. The highest BCUT2D eigenvalue weighted by molar-refractivity contribution is 6.30. The molecule has 0 spiro atoms. The van der Waals surface area contributed by atoms with E-state index < -0.39 is 29.4 Å². The molecule has 2 aromatic heterocycles. The van der Waals surface area contributed by atoms with Crippen LogP contribution in [0.5, 0.6) is 5.75 Å². The second-order valence-electron chi connectivity index (χ2n) is 8.72. The number of rotatable bonds is 6. The van der Waals surface area contributed by atoms with Crippen molar-refractivity contribution in [3.05, 3.63) is 82.0 Å². The minimum Gasteiger partial charge on any atom is -0.487 e. The fourth-order valence-electron chi connectivity index (χ4n) is 3.14. The Morgan fingerprint density at radius 1 is 1.11 bits per heavy atom. The van der Waals surface area contributed by atoms with Crippen molar-refractivity contribution >= 4 is 29.6 Å². The van der Waals surface area contributed by atoms with E-state index in [1.807, 2.05) is 19.1 Å². The van der Waals surface area contributed by atoms with Gasteiger partial charge in [-0.3, -0.25) is 4.98 Å². The fraction of sp³-hybridized carbons (Fsp3) is 0.280. The van der Waals surface area contributed by atoms with Gasteiger partial charge in [0.2, 0.25) is 0 Å². The number of imide groups is 1. The molecule has 0 fully saturated rings. The summed E-state index contributed by atoms with van der Waals surface area (Å²) in [6.45, 7) is 6.83. The van der Waals surface area contributed by atoms with Gasteiger partial charge < -0.3 is 14.6 Å². The van der Waals surface area contributed by atoms with Crippen LogP contribution in [0.25, 0.3) is 0 Å². The Hall–Kier alpha value is -3.72. The first-order valence-electron chi connectivity index (χ1n) is 10.7. The average molecular weight is 502 g/mol. The second kappa shape index (κ2) is 10.7. The van der Waals surface area contributed by atoms with Crippen LogP contribution >= 0.6 is 11.6 Å². The van der Waals surface area contributed by atoms with Crippen molar-refractivity contribution in [2.24, 2.45) is 0 Å². The zero-order valence-corrected chi connectivity index (χ0v) is 20.5. The van der Waals surface area contributed by atoms with E-state index in [1.165, 1.54) is 12.3 Å². The Bertz CT molecular complexity index is 1230. The van der Waals surface area contributed by atoms with Crippen molar-refractivity contribution < 1.29 is 28.6 Å². The first-order chi connectivity index (χ1) is 16.5. The van der Waals surface area contributed by atoms with Crippen LogP contribution in [-0.4, -0.2) is 32.9 Å². The molecule has 2 amide bonds. The number of pyridine rings is 2. The predicted molar refractivity (Wildman–Crippen MR) is 128 cm³/mol. The molecule has 0 saturated heterocycles. The van der Waals surface area contributed by atoms with Crippen LogP contribution in [0.3, 0.4) is 0 Å². The average Bonchev–Trinajstić information content (AvgIpc) is 2.76. The first kappa shape index (κ1) is 25.9.